The summed E-state index contributed by atoms with van der Waals surface area (Å²) in [5.41, 5.74) is -0.382. The highest BCUT2D eigenvalue weighted by atomic mass is 19.1. The predicted octanol–water partition coefficient (Wildman–Crippen LogP) is 5.25. The lowest BCUT2D eigenvalue weighted by atomic mass is 9.90. The number of rotatable bonds is 4. The Morgan fingerprint density at radius 2 is 1.69 bits per heavy atom. The van der Waals surface area contributed by atoms with Gasteiger partial charge in [0, 0.05) is 5.56 Å². The van der Waals surface area contributed by atoms with Crippen LogP contribution in [0.1, 0.15) is 31.8 Å². The van der Waals surface area contributed by atoms with Gasteiger partial charge in [0.05, 0.1) is 29.5 Å². The SMILES string of the molecule is COC(=O)c1ccccc1NC1(c2ccc3ccccc3c2)OC(=O)c2cccc(F)c21. The van der Waals surface area contributed by atoms with Gasteiger partial charge in [0.2, 0.25) is 5.72 Å². The molecule has 158 valence electrons. The Kier molecular flexibility index (Phi) is 4.63. The number of fused-ring (bicyclic) bond motifs is 2. The number of carbonyl (C=O) groups excluding carboxylic acids is 2. The number of benzene rings is 4. The first-order chi connectivity index (χ1) is 15.5. The van der Waals surface area contributed by atoms with Crippen LogP contribution in [0.4, 0.5) is 10.1 Å². The maximum atomic E-state index is 15.2. The van der Waals surface area contributed by atoms with E-state index in [1.807, 2.05) is 36.4 Å². The third kappa shape index (κ3) is 3.00. The Morgan fingerprint density at radius 3 is 2.50 bits per heavy atom. The fourth-order valence-corrected chi connectivity index (χ4v) is 4.14. The predicted molar refractivity (Wildman–Crippen MR) is 118 cm³/mol. The molecule has 1 atom stereocenters. The van der Waals surface area contributed by atoms with Crippen molar-refractivity contribution in [2.75, 3.05) is 12.4 Å². The molecule has 1 N–H and O–H groups in total. The van der Waals surface area contributed by atoms with Crippen molar-refractivity contribution < 1.29 is 23.5 Å². The molecule has 5 rings (SSSR count). The zero-order chi connectivity index (χ0) is 22.3. The summed E-state index contributed by atoms with van der Waals surface area (Å²) in [4.78, 5) is 25.2. The molecule has 0 bridgehead atoms. The Morgan fingerprint density at radius 1 is 0.938 bits per heavy atom. The highest BCUT2D eigenvalue weighted by Crippen LogP contribution is 2.45. The van der Waals surface area contributed by atoms with E-state index in [1.165, 1.54) is 25.3 Å². The van der Waals surface area contributed by atoms with Crippen LogP contribution in [0.3, 0.4) is 0 Å². The molecule has 1 aliphatic rings. The molecule has 32 heavy (non-hydrogen) atoms. The fourth-order valence-electron chi connectivity index (χ4n) is 4.14. The van der Waals surface area contributed by atoms with E-state index < -0.39 is 23.5 Å². The molecule has 0 aliphatic carbocycles. The number of hydrogen-bond donors (Lipinski definition) is 1. The van der Waals surface area contributed by atoms with Gasteiger partial charge in [0.15, 0.2) is 0 Å². The van der Waals surface area contributed by atoms with Crippen molar-refractivity contribution in [3.63, 3.8) is 0 Å². The second kappa shape index (κ2) is 7.50. The molecule has 1 aliphatic heterocycles. The van der Waals surface area contributed by atoms with E-state index in [0.29, 0.717) is 11.3 Å². The summed E-state index contributed by atoms with van der Waals surface area (Å²) >= 11 is 0. The molecule has 0 saturated carbocycles. The zero-order valence-corrected chi connectivity index (χ0v) is 17.1. The molecule has 0 saturated heterocycles. The zero-order valence-electron chi connectivity index (χ0n) is 17.1. The average Bonchev–Trinajstić information content (AvgIpc) is 3.12. The number of para-hydroxylation sites is 1. The molecule has 0 spiro atoms. The van der Waals surface area contributed by atoms with E-state index in [2.05, 4.69) is 5.32 Å². The van der Waals surface area contributed by atoms with E-state index >= 15 is 4.39 Å². The minimum atomic E-state index is -1.67. The normalized spacial score (nSPS) is 17.0. The van der Waals surface area contributed by atoms with Crippen LogP contribution in [0.2, 0.25) is 0 Å². The number of esters is 2. The average molecular weight is 427 g/mol. The summed E-state index contributed by atoms with van der Waals surface area (Å²) in [7, 11) is 1.28. The topological polar surface area (TPSA) is 64.6 Å². The number of anilines is 1. The van der Waals surface area contributed by atoms with E-state index in [0.717, 1.165) is 10.8 Å². The van der Waals surface area contributed by atoms with Crippen LogP contribution in [0.5, 0.6) is 0 Å². The smallest absolute Gasteiger partial charge is 0.341 e. The Balaban J connectivity index is 1.77. The standard InChI is InChI=1S/C26H18FNO4/c1-31-24(29)19-9-4-5-12-22(19)28-26(18-14-13-16-7-2-3-8-17(16)15-18)23-20(25(30)32-26)10-6-11-21(23)27/h2-15,28H,1H3. The Hall–Kier alpha value is -4.19. The number of hydrogen-bond acceptors (Lipinski definition) is 5. The lowest BCUT2D eigenvalue weighted by Crippen LogP contribution is -2.38. The third-order valence-corrected chi connectivity index (χ3v) is 5.63. The second-order valence-corrected chi connectivity index (χ2v) is 7.46. The van der Waals surface area contributed by atoms with Gasteiger partial charge >= 0.3 is 11.9 Å². The van der Waals surface area contributed by atoms with Gasteiger partial charge in [-0.1, -0.05) is 54.6 Å². The van der Waals surface area contributed by atoms with Crippen molar-refractivity contribution in [2.24, 2.45) is 0 Å². The summed E-state index contributed by atoms with van der Waals surface area (Å²) in [5.74, 6) is -1.82. The largest absolute Gasteiger partial charge is 0.465 e. The van der Waals surface area contributed by atoms with Crippen LogP contribution >= 0.6 is 0 Å². The van der Waals surface area contributed by atoms with E-state index in [-0.39, 0.29) is 16.7 Å². The molecule has 4 aromatic rings. The van der Waals surface area contributed by atoms with E-state index in [4.69, 9.17) is 9.47 Å². The van der Waals surface area contributed by atoms with Gasteiger partial charge in [-0.05, 0) is 41.1 Å². The summed E-state index contributed by atoms with van der Waals surface area (Å²) < 4.78 is 26.0. The summed E-state index contributed by atoms with van der Waals surface area (Å²) in [5, 5.41) is 5.04. The fraction of sp³-hybridized carbons (Fsp3) is 0.0769. The van der Waals surface area contributed by atoms with Crippen LogP contribution in [-0.4, -0.2) is 19.0 Å². The Labute approximate surface area is 183 Å². The quantitative estimate of drug-likeness (QED) is 0.451. The molecule has 4 aromatic carbocycles. The van der Waals surface area contributed by atoms with Gasteiger partial charge in [-0.2, -0.15) is 0 Å². The number of halogens is 1. The van der Waals surface area contributed by atoms with E-state index in [1.54, 1.807) is 30.3 Å². The first kappa shape index (κ1) is 19.8. The van der Waals surface area contributed by atoms with Gasteiger partial charge in [-0.15, -0.1) is 0 Å². The van der Waals surface area contributed by atoms with Crippen LogP contribution in [0.15, 0.2) is 84.9 Å². The number of methoxy groups -OCH3 is 1. The first-order valence-electron chi connectivity index (χ1n) is 10.0. The van der Waals surface area contributed by atoms with Gasteiger partial charge in [-0.3, -0.25) is 0 Å². The number of carbonyl (C=O) groups is 2. The first-order valence-corrected chi connectivity index (χ1v) is 10.0. The minimum Gasteiger partial charge on any atom is -0.465 e. The molecule has 0 radical (unpaired) electrons. The second-order valence-electron chi connectivity index (χ2n) is 7.46. The van der Waals surface area contributed by atoms with Crippen molar-refractivity contribution >= 4 is 28.4 Å². The van der Waals surface area contributed by atoms with Crippen molar-refractivity contribution in [3.8, 4) is 0 Å². The molecule has 1 heterocycles. The van der Waals surface area contributed by atoms with Crippen molar-refractivity contribution in [1.29, 1.82) is 0 Å². The monoisotopic (exact) mass is 427 g/mol. The molecule has 1 unspecified atom stereocenters. The molecular weight excluding hydrogens is 409 g/mol. The minimum absolute atomic E-state index is 0.0694. The lowest BCUT2D eigenvalue weighted by Gasteiger charge is -2.32. The number of ether oxygens (including phenoxy) is 2. The molecule has 0 fully saturated rings. The van der Waals surface area contributed by atoms with Crippen molar-refractivity contribution in [2.45, 2.75) is 5.72 Å². The summed E-state index contributed by atoms with van der Waals surface area (Å²) in [6, 6.07) is 24.1. The third-order valence-electron chi connectivity index (χ3n) is 5.63. The maximum Gasteiger partial charge on any atom is 0.341 e. The van der Waals surface area contributed by atoms with Crippen LogP contribution in [0, 0.1) is 5.82 Å². The number of nitrogens with one attached hydrogen (secondary N) is 1. The maximum absolute atomic E-state index is 15.2. The lowest BCUT2D eigenvalue weighted by molar-refractivity contribution is 0.0206. The molecule has 0 aromatic heterocycles. The van der Waals surface area contributed by atoms with Crippen LogP contribution in [-0.2, 0) is 15.2 Å². The van der Waals surface area contributed by atoms with E-state index in [9.17, 15) is 9.59 Å². The van der Waals surface area contributed by atoms with Gasteiger partial charge in [-0.25, -0.2) is 14.0 Å². The van der Waals surface area contributed by atoms with Crippen molar-refractivity contribution in [3.05, 3.63) is 113 Å². The van der Waals surface area contributed by atoms with Gasteiger partial charge < -0.3 is 14.8 Å². The Bertz CT molecular complexity index is 1380. The highest BCUT2D eigenvalue weighted by Gasteiger charge is 2.50. The molecular formula is C26H18FNO4. The molecule has 5 nitrogen and oxygen atoms in total. The summed E-state index contributed by atoms with van der Waals surface area (Å²) in [6.07, 6.45) is 0. The van der Waals surface area contributed by atoms with Crippen LogP contribution < -0.4 is 5.32 Å². The summed E-state index contributed by atoms with van der Waals surface area (Å²) in [6.45, 7) is 0. The number of cyclic esters (lactones) is 1. The van der Waals surface area contributed by atoms with Crippen LogP contribution in [0.25, 0.3) is 10.8 Å². The van der Waals surface area contributed by atoms with Gasteiger partial charge in [0.25, 0.3) is 0 Å². The highest BCUT2D eigenvalue weighted by molar-refractivity contribution is 5.98. The van der Waals surface area contributed by atoms with Crippen molar-refractivity contribution in [1.82, 2.24) is 0 Å². The van der Waals surface area contributed by atoms with Gasteiger partial charge in [0.1, 0.15) is 5.82 Å². The molecule has 6 heteroatoms. The molecule has 0 amide bonds.